The lowest BCUT2D eigenvalue weighted by atomic mass is 10.1. The van der Waals surface area contributed by atoms with Gasteiger partial charge in [-0.25, -0.2) is 4.98 Å². The summed E-state index contributed by atoms with van der Waals surface area (Å²) in [5.41, 5.74) is 2.67. The van der Waals surface area contributed by atoms with Crippen molar-refractivity contribution in [2.75, 3.05) is 19.4 Å². The van der Waals surface area contributed by atoms with Gasteiger partial charge >= 0.3 is 0 Å². The van der Waals surface area contributed by atoms with Crippen LogP contribution in [0.2, 0.25) is 0 Å². The standard InChI is InChI=1S/C23H22N4O3S/c1-15-5-3-4-6-16(15)11-12-25-20(28)14-31-23-26-21(19(13-24)22(29)27-23)17-7-9-18(30-2)10-8-17/h3-10H,11-12,14H2,1-2H3,(H,25,28)(H,26,27,29). The van der Waals surface area contributed by atoms with E-state index in [0.717, 1.165) is 18.2 Å². The van der Waals surface area contributed by atoms with Gasteiger partial charge in [-0.15, -0.1) is 0 Å². The number of benzene rings is 2. The molecule has 0 atom stereocenters. The molecule has 0 bridgehead atoms. The first kappa shape index (κ1) is 22.1. The first-order valence-corrected chi connectivity index (χ1v) is 10.6. The van der Waals surface area contributed by atoms with Crippen LogP contribution in [0.15, 0.2) is 58.5 Å². The molecule has 1 amide bonds. The molecular weight excluding hydrogens is 412 g/mol. The number of hydrogen-bond acceptors (Lipinski definition) is 6. The van der Waals surface area contributed by atoms with Gasteiger partial charge in [-0.3, -0.25) is 9.59 Å². The molecule has 0 spiro atoms. The van der Waals surface area contributed by atoms with Crippen molar-refractivity contribution >= 4 is 17.7 Å². The first-order chi connectivity index (χ1) is 15.0. The van der Waals surface area contributed by atoms with E-state index >= 15 is 0 Å². The number of carbonyl (C=O) groups excluding carboxylic acids is 1. The fourth-order valence-corrected chi connectivity index (χ4v) is 3.69. The minimum atomic E-state index is -0.536. The normalized spacial score (nSPS) is 10.4. The van der Waals surface area contributed by atoms with E-state index in [-0.39, 0.29) is 28.1 Å². The Morgan fingerprint density at radius 2 is 1.97 bits per heavy atom. The number of aromatic nitrogens is 2. The molecule has 2 aromatic carbocycles. The highest BCUT2D eigenvalue weighted by Crippen LogP contribution is 2.24. The minimum absolute atomic E-state index is 0.0720. The number of aryl methyl sites for hydroxylation is 1. The molecule has 3 rings (SSSR count). The molecule has 0 radical (unpaired) electrons. The third kappa shape index (κ3) is 5.74. The number of ether oxygens (including phenoxy) is 1. The molecule has 0 fully saturated rings. The number of carbonyl (C=O) groups is 1. The second-order valence-corrected chi connectivity index (χ2v) is 7.71. The molecule has 0 aliphatic heterocycles. The number of H-pyrrole nitrogens is 1. The van der Waals surface area contributed by atoms with Crippen LogP contribution in [0.5, 0.6) is 5.75 Å². The Labute approximate surface area is 184 Å². The van der Waals surface area contributed by atoms with Crippen LogP contribution in [-0.2, 0) is 11.2 Å². The Morgan fingerprint density at radius 3 is 2.65 bits per heavy atom. The van der Waals surface area contributed by atoms with Crippen LogP contribution in [0.25, 0.3) is 11.3 Å². The van der Waals surface area contributed by atoms with Crippen molar-refractivity contribution in [3.8, 4) is 23.1 Å². The second kappa shape index (κ2) is 10.5. The van der Waals surface area contributed by atoms with Crippen molar-refractivity contribution in [2.24, 2.45) is 0 Å². The fourth-order valence-electron chi connectivity index (χ4n) is 2.99. The van der Waals surface area contributed by atoms with E-state index in [1.165, 1.54) is 11.1 Å². The highest BCUT2D eigenvalue weighted by atomic mass is 32.2. The summed E-state index contributed by atoms with van der Waals surface area (Å²) >= 11 is 1.11. The average molecular weight is 435 g/mol. The Balaban J connectivity index is 1.65. The van der Waals surface area contributed by atoms with Crippen LogP contribution in [0.1, 0.15) is 16.7 Å². The summed E-state index contributed by atoms with van der Waals surface area (Å²) in [7, 11) is 1.56. The number of amides is 1. The van der Waals surface area contributed by atoms with Crippen molar-refractivity contribution in [3.05, 3.63) is 75.6 Å². The SMILES string of the molecule is COc1ccc(-c2nc(SCC(=O)NCCc3ccccc3C)[nH]c(=O)c2C#N)cc1. The number of nitrogens with zero attached hydrogens (tertiary/aromatic N) is 2. The molecular formula is C23H22N4O3S. The zero-order valence-corrected chi connectivity index (χ0v) is 18.1. The Hall–Kier alpha value is -3.57. The summed E-state index contributed by atoms with van der Waals surface area (Å²) in [4.78, 5) is 31.5. The molecule has 1 aromatic heterocycles. The van der Waals surface area contributed by atoms with Crippen molar-refractivity contribution in [1.82, 2.24) is 15.3 Å². The van der Waals surface area contributed by atoms with Gasteiger partial charge in [0.2, 0.25) is 5.91 Å². The maximum absolute atomic E-state index is 12.3. The molecule has 0 unspecified atom stereocenters. The largest absolute Gasteiger partial charge is 0.497 e. The minimum Gasteiger partial charge on any atom is -0.497 e. The van der Waals surface area contributed by atoms with Crippen LogP contribution >= 0.6 is 11.8 Å². The van der Waals surface area contributed by atoms with Gasteiger partial charge in [0.25, 0.3) is 5.56 Å². The predicted molar refractivity (Wildman–Crippen MR) is 120 cm³/mol. The number of rotatable bonds is 8. The molecule has 0 saturated heterocycles. The molecule has 31 heavy (non-hydrogen) atoms. The van der Waals surface area contributed by atoms with Crippen molar-refractivity contribution in [3.63, 3.8) is 0 Å². The fraction of sp³-hybridized carbons (Fsp3) is 0.217. The van der Waals surface area contributed by atoms with Gasteiger partial charge in [-0.1, -0.05) is 36.0 Å². The van der Waals surface area contributed by atoms with Gasteiger partial charge in [0.05, 0.1) is 18.6 Å². The van der Waals surface area contributed by atoms with Gasteiger partial charge in [-0.05, 0) is 48.7 Å². The van der Waals surface area contributed by atoms with Crippen LogP contribution in [-0.4, -0.2) is 35.3 Å². The molecule has 7 nitrogen and oxygen atoms in total. The molecule has 158 valence electrons. The molecule has 0 aliphatic rings. The van der Waals surface area contributed by atoms with E-state index in [9.17, 15) is 14.9 Å². The average Bonchev–Trinajstić information content (AvgIpc) is 2.78. The number of thioether (sulfide) groups is 1. The number of methoxy groups -OCH3 is 1. The zero-order chi connectivity index (χ0) is 22.2. The van der Waals surface area contributed by atoms with E-state index in [1.54, 1.807) is 31.4 Å². The van der Waals surface area contributed by atoms with Crippen LogP contribution < -0.4 is 15.6 Å². The monoisotopic (exact) mass is 434 g/mol. The lowest BCUT2D eigenvalue weighted by Crippen LogP contribution is -2.27. The van der Waals surface area contributed by atoms with E-state index in [4.69, 9.17) is 4.74 Å². The third-order valence-corrected chi connectivity index (χ3v) is 5.56. The van der Waals surface area contributed by atoms with Gasteiger partial charge in [0.15, 0.2) is 5.16 Å². The smallest absolute Gasteiger partial charge is 0.270 e. The summed E-state index contributed by atoms with van der Waals surface area (Å²) in [6, 6.07) is 16.9. The van der Waals surface area contributed by atoms with E-state index < -0.39 is 5.56 Å². The van der Waals surface area contributed by atoms with E-state index in [0.29, 0.717) is 17.9 Å². The van der Waals surface area contributed by atoms with Crippen molar-refractivity contribution < 1.29 is 9.53 Å². The molecule has 8 heteroatoms. The van der Waals surface area contributed by atoms with E-state index in [1.807, 2.05) is 37.3 Å². The summed E-state index contributed by atoms with van der Waals surface area (Å²) in [5, 5.41) is 12.5. The summed E-state index contributed by atoms with van der Waals surface area (Å²) in [6.07, 6.45) is 0.747. The van der Waals surface area contributed by atoms with Gasteiger partial charge in [0, 0.05) is 12.1 Å². The lowest BCUT2D eigenvalue weighted by Gasteiger charge is -2.09. The number of hydrogen-bond donors (Lipinski definition) is 2. The van der Waals surface area contributed by atoms with Crippen molar-refractivity contribution in [2.45, 2.75) is 18.5 Å². The highest BCUT2D eigenvalue weighted by Gasteiger charge is 2.14. The second-order valence-electron chi connectivity index (χ2n) is 6.75. The third-order valence-electron chi connectivity index (χ3n) is 4.69. The lowest BCUT2D eigenvalue weighted by molar-refractivity contribution is -0.118. The van der Waals surface area contributed by atoms with Crippen molar-refractivity contribution in [1.29, 1.82) is 5.26 Å². The summed E-state index contributed by atoms with van der Waals surface area (Å²) in [6.45, 7) is 2.57. The van der Waals surface area contributed by atoms with Gasteiger partial charge in [0.1, 0.15) is 17.4 Å². The first-order valence-electron chi connectivity index (χ1n) is 9.64. The Morgan fingerprint density at radius 1 is 1.23 bits per heavy atom. The quantitative estimate of drug-likeness (QED) is 0.417. The Bertz CT molecular complexity index is 1170. The van der Waals surface area contributed by atoms with Gasteiger partial charge in [-0.2, -0.15) is 5.26 Å². The molecule has 1 heterocycles. The molecule has 0 aliphatic carbocycles. The van der Waals surface area contributed by atoms with Crippen LogP contribution in [0.4, 0.5) is 0 Å². The topological polar surface area (TPSA) is 108 Å². The summed E-state index contributed by atoms with van der Waals surface area (Å²) < 4.78 is 5.14. The molecule has 2 N–H and O–H groups in total. The number of aromatic amines is 1. The summed E-state index contributed by atoms with van der Waals surface area (Å²) in [5.74, 6) is 0.602. The molecule has 0 saturated carbocycles. The predicted octanol–water partition coefficient (Wildman–Crippen LogP) is 3.08. The van der Waals surface area contributed by atoms with Crippen LogP contribution in [0.3, 0.4) is 0 Å². The number of nitrogens with one attached hydrogen (secondary N) is 2. The van der Waals surface area contributed by atoms with Crippen LogP contribution in [0, 0.1) is 18.3 Å². The number of nitriles is 1. The highest BCUT2D eigenvalue weighted by molar-refractivity contribution is 7.99. The van der Waals surface area contributed by atoms with E-state index in [2.05, 4.69) is 15.3 Å². The maximum Gasteiger partial charge on any atom is 0.270 e. The molecule has 3 aromatic rings. The Kier molecular flexibility index (Phi) is 7.46. The zero-order valence-electron chi connectivity index (χ0n) is 17.3. The maximum atomic E-state index is 12.3. The van der Waals surface area contributed by atoms with Gasteiger partial charge < -0.3 is 15.0 Å².